The van der Waals surface area contributed by atoms with E-state index in [4.69, 9.17) is 4.99 Å². The van der Waals surface area contributed by atoms with Crippen LogP contribution in [-0.2, 0) is 0 Å². The number of thiophene rings is 1. The van der Waals surface area contributed by atoms with Crippen LogP contribution in [0.25, 0.3) is 0 Å². The number of aliphatic imine (C=N–C) groups is 1. The lowest BCUT2D eigenvalue weighted by Gasteiger charge is -2.15. The van der Waals surface area contributed by atoms with Crippen molar-refractivity contribution in [1.29, 1.82) is 0 Å². The standard InChI is InChI=1S/C19H14N2O2S2/c22-21(23)14-6-3-5-13(11-14)19-12-16(17-9-4-10-24-17)20-15-7-1-2-8-18(15)25-19/h1-11,19H,12H2. The summed E-state index contributed by atoms with van der Waals surface area (Å²) >= 11 is 3.39. The largest absolute Gasteiger partial charge is 0.269 e. The zero-order valence-corrected chi connectivity index (χ0v) is 14.8. The molecule has 124 valence electrons. The minimum Gasteiger partial charge on any atom is -0.258 e. The lowest BCUT2D eigenvalue weighted by atomic mass is 10.0. The van der Waals surface area contributed by atoms with Crippen LogP contribution in [0.15, 0.2) is 75.9 Å². The number of rotatable bonds is 3. The van der Waals surface area contributed by atoms with E-state index >= 15 is 0 Å². The van der Waals surface area contributed by atoms with Crippen LogP contribution in [0.5, 0.6) is 0 Å². The second-order valence-corrected chi connectivity index (χ2v) is 7.86. The minimum absolute atomic E-state index is 0.0874. The lowest BCUT2D eigenvalue weighted by Crippen LogP contribution is -2.04. The Morgan fingerprint density at radius 2 is 1.96 bits per heavy atom. The molecule has 0 saturated carbocycles. The summed E-state index contributed by atoms with van der Waals surface area (Å²) < 4.78 is 0. The SMILES string of the molecule is O=[N+]([O-])c1cccc(C2CC(c3cccs3)=Nc3ccccc3S2)c1. The first-order valence-electron chi connectivity index (χ1n) is 7.82. The summed E-state index contributed by atoms with van der Waals surface area (Å²) in [4.78, 5) is 17.9. The Morgan fingerprint density at radius 3 is 2.76 bits per heavy atom. The molecule has 1 aliphatic rings. The first-order valence-corrected chi connectivity index (χ1v) is 9.58. The summed E-state index contributed by atoms with van der Waals surface area (Å²) in [5.41, 5.74) is 3.08. The Labute approximate surface area is 153 Å². The van der Waals surface area contributed by atoms with Gasteiger partial charge in [0.15, 0.2) is 0 Å². The number of non-ortho nitro benzene ring substituents is 1. The molecule has 0 aliphatic carbocycles. The minimum atomic E-state index is -0.340. The van der Waals surface area contributed by atoms with Gasteiger partial charge in [-0.25, -0.2) is 0 Å². The smallest absolute Gasteiger partial charge is 0.258 e. The maximum absolute atomic E-state index is 11.1. The summed E-state index contributed by atoms with van der Waals surface area (Å²) in [6.45, 7) is 0. The molecule has 0 fully saturated rings. The zero-order chi connectivity index (χ0) is 17.2. The molecule has 1 aromatic heterocycles. The molecule has 3 aromatic rings. The summed E-state index contributed by atoms with van der Waals surface area (Å²) in [7, 11) is 0. The fourth-order valence-corrected chi connectivity index (χ4v) is 4.78. The van der Waals surface area contributed by atoms with E-state index in [0.29, 0.717) is 0 Å². The molecule has 0 radical (unpaired) electrons. The highest BCUT2D eigenvalue weighted by Crippen LogP contribution is 2.46. The van der Waals surface area contributed by atoms with Crippen LogP contribution in [0, 0.1) is 10.1 Å². The van der Waals surface area contributed by atoms with Crippen molar-refractivity contribution in [1.82, 2.24) is 0 Å². The van der Waals surface area contributed by atoms with Crippen molar-refractivity contribution >= 4 is 40.2 Å². The Hall–Kier alpha value is -2.44. The van der Waals surface area contributed by atoms with E-state index < -0.39 is 0 Å². The number of para-hydroxylation sites is 1. The van der Waals surface area contributed by atoms with Gasteiger partial charge in [0.05, 0.1) is 16.3 Å². The fraction of sp³-hybridized carbons (Fsp3) is 0.105. The van der Waals surface area contributed by atoms with Gasteiger partial charge >= 0.3 is 0 Å². The van der Waals surface area contributed by atoms with Gasteiger partial charge in [0, 0.05) is 33.6 Å². The van der Waals surface area contributed by atoms with Crippen molar-refractivity contribution in [2.24, 2.45) is 4.99 Å². The van der Waals surface area contributed by atoms with Gasteiger partial charge in [-0.05, 0) is 29.1 Å². The van der Waals surface area contributed by atoms with Crippen molar-refractivity contribution in [3.63, 3.8) is 0 Å². The molecular weight excluding hydrogens is 352 g/mol. The van der Waals surface area contributed by atoms with E-state index in [9.17, 15) is 10.1 Å². The number of hydrogen-bond donors (Lipinski definition) is 0. The topological polar surface area (TPSA) is 55.5 Å². The number of hydrogen-bond acceptors (Lipinski definition) is 5. The molecule has 2 aromatic carbocycles. The van der Waals surface area contributed by atoms with Crippen LogP contribution in [0.3, 0.4) is 0 Å². The third-order valence-electron chi connectivity index (χ3n) is 4.03. The van der Waals surface area contributed by atoms with Crippen molar-refractivity contribution in [2.75, 3.05) is 0 Å². The van der Waals surface area contributed by atoms with E-state index in [1.807, 2.05) is 35.7 Å². The Balaban J connectivity index is 1.79. The lowest BCUT2D eigenvalue weighted by molar-refractivity contribution is -0.384. The van der Waals surface area contributed by atoms with Gasteiger partial charge in [-0.15, -0.1) is 23.1 Å². The van der Waals surface area contributed by atoms with Crippen molar-refractivity contribution in [3.8, 4) is 0 Å². The van der Waals surface area contributed by atoms with E-state index in [1.54, 1.807) is 35.2 Å². The molecule has 0 amide bonds. The molecular formula is C19H14N2O2S2. The third-order valence-corrected chi connectivity index (χ3v) is 6.27. The summed E-state index contributed by atoms with van der Waals surface area (Å²) in [6, 6.07) is 19.1. The Kier molecular flexibility index (Phi) is 4.38. The van der Waals surface area contributed by atoms with Crippen molar-refractivity contribution < 1.29 is 4.92 Å². The first-order chi connectivity index (χ1) is 12.2. The number of nitrogens with zero attached hydrogens (tertiary/aromatic N) is 2. The predicted octanol–water partition coefficient (Wildman–Crippen LogP) is 6.01. The molecule has 4 rings (SSSR count). The van der Waals surface area contributed by atoms with Crippen LogP contribution < -0.4 is 0 Å². The van der Waals surface area contributed by atoms with Crippen LogP contribution in [-0.4, -0.2) is 10.6 Å². The highest BCUT2D eigenvalue weighted by molar-refractivity contribution is 7.99. The van der Waals surface area contributed by atoms with Crippen LogP contribution in [0.2, 0.25) is 0 Å². The quantitative estimate of drug-likeness (QED) is 0.421. The fourth-order valence-electron chi connectivity index (χ4n) is 2.83. The van der Waals surface area contributed by atoms with E-state index in [0.717, 1.165) is 33.2 Å². The van der Waals surface area contributed by atoms with Crippen LogP contribution in [0.4, 0.5) is 11.4 Å². The molecule has 0 spiro atoms. The molecule has 0 saturated heterocycles. The van der Waals surface area contributed by atoms with Crippen LogP contribution in [0.1, 0.15) is 22.1 Å². The molecule has 4 nitrogen and oxygen atoms in total. The van der Waals surface area contributed by atoms with E-state index in [2.05, 4.69) is 12.1 Å². The molecule has 1 atom stereocenters. The zero-order valence-electron chi connectivity index (χ0n) is 13.2. The molecule has 25 heavy (non-hydrogen) atoms. The molecule has 1 unspecified atom stereocenters. The number of nitro groups is 1. The van der Waals surface area contributed by atoms with Gasteiger partial charge in [-0.2, -0.15) is 0 Å². The summed E-state index contributed by atoms with van der Waals surface area (Å²) in [5, 5.41) is 13.3. The second kappa shape index (κ2) is 6.82. The number of nitro benzene ring substituents is 1. The number of fused-ring (bicyclic) bond motifs is 1. The van der Waals surface area contributed by atoms with Gasteiger partial charge in [-0.1, -0.05) is 30.3 Å². The summed E-state index contributed by atoms with van der Waals surface area (Å²) in [6.07, 6.45) is 0.737. The Bertz CT molecular complexity index is 952. The van der Waals surface area contributed by atoms with Crippen LogP contribution >= 0.6 is 23.1 Å². The molecule has 0 bridgehead atoms. The molecule has 1 aliphatic heterocycles. The van der Waals surface area contributed by atoms with Gasteiger partial charge in [0.1, 0.15) is 0 Å². The van der Waals surface area contributed by atoms with Gasteiger partial charge < -0.3 is 0 Å². The average molecular weight is 366 g/mol. The summed E-state index contributed by atoms with van der Waals surface area (Å²) in [5.74, 6) is 0. The van der Waals surface area contributed by atoms with Crippen molar-refractivity contribution in [2.45, 2.75) is 16.6 Å². The third kappa shape index (κ3) is 3.36. The highest BCUT2D eigenvalue weighted by atomic mass is 32.2. The highest BCUT2D eigenvalue weighted by Gasteiger charge is 2.24. The maximum atomic E-state index is 11.1. The maximum Gasteiger partial charge on any atom is 0.269 e. The van der Waals surface area contributed by atoms with Gasteiger partial charge in [-0.3, -0.25) is 15.1 Å². The number of benzene rings is 2. The van der Waals surface area contributed by atoms with Gasteiger partial charge in [0.25, 0.3) is 5.69 Å². The molecule has 2 heterocycles. The molecule has 6 heteroatoms. The Morgan fingerprint density at radius 1 is 1.08 bits per heavy atom. The predicted molar refractivity (Wildman–Crippen MR) is 103 cm³/mol. The van der Waals surface area contributed by atoms with Crippen molar-refractivity contribution in [3.05, 3.63) is 86.6 Å². The normalized spacial score (nSPS) is 16.6. The molecule has 0 N–H and O–H groups in total. The monoisotopic (exact) mass is 366 g/mol. The number of thioether (sulfide) groups is 1. The van der Waals surface area contributed by atoms with E-state index in [1.165, 1.54) is 6.07 Å². The van der Waals surface area contributed by atoms with Gasteiger partial charge in [0.2, 0.25) is 0 Å². The first kappa shape index (κ1) is 16.1. The second-order valence-electron chi connectivity index (χ2n) is 5.67. The van der Waals surface area contributed by atoms with E-state index in [-0.39, 0.29) is 15.9 Å². The average Bonchev–Trinajstić information content (AvgIpc) is 3.09.